The minimum Gasteiger partial charge on any atom is -0.457 e. The Bertz CT molecular complexity index is 2360. The average molecular weight is 785 g/mol. The Labute approximate surface area is 342 Å². The van der Waals surface area contributed by atoms with E-state index >= 15 is 0 Å². The first-order valence-electron chi connectivity index (χ1n) is 19.4. The molecule has 0 aliphatic heterocycles. The molecule has 2 aliphatic carbocycles. The minimum atomic E-state index is -0.413. The molecular formula is C47H44N8O4. The number of hydrogen-bond acceptors (Lipinski definition) is 12. The van der Waals surface area contributed by atoms with E-state index in [9.17, 15) is 9.59 Å². The van der Waals surface area contributed by atoms with Gasteiger partial charge in [-0.2, -0.15) is 10.2 Å². The topological polar surface area (TPSA) is 153 Å². The molecule has 2 N–H and O–H groups in total. The fourth-order valence-electron chi connectivity index (χ4n) is 8.45. The molecule has 12 nitrogen and oxygen atoms in total. The number of hydrogen-bond donors (Lipinski definition) is 2. The summed E-state index contributed by atoms with van der Waals surface area (Å²) in [5.74, 6) is 0.433. The number of fused-ring (bicyclic) bond motifs is 4. The summed E-state index contributed by atoms with van der Waals surface area (Å²) >= 11 is 0. The molecule has 4 heterocycles. The second-order valence-corrected chi connectivity index (χ2v) is 16.2. The van der Waals surface area contributed by atoms with Crippen LogP contribution in [0.1, 0.15) is 106 Å². The minimum absolute atomic E-state index is 0.0725. The molecule has 0 bridgehead atoms. The van der Waals surface area contributed by atoms with Gasteiger partial charge in [-0.05, 0) is 107 Å². The van der Waals surface area contributed by atoms with Crippen LogP contribution in [0.15, 0.2) is 132 Å². The van der Waals surface area contributed by atoms with Crippen molar-refractivity contribution < 1.29 is 19.1 Å². The predicted molar refractivity (Wildman–Crippen MR) is 227 cm³/mol. The zero-order valence-electron chi connectivity index (χ0n) is 33.3. The number of nitrogens with one attached hydrogen (secondary N) is 2. The molecule has 2 aliphatic rings. The number of rotatable bonds is 12. The summed E-state index contributed by atoms with van der Waals surface area (Å²) in [7, 11) is 0. The molecule has 0 amide bonds. The van der Waals surface area contributed by atoms with Gasteiger partial charge in [-0.25, -0.2) is 19.6 Å². The number of carbonyl (C=O) groups excluding carboxylic acids is 2. The summed E-state index contributed by atoms with van der Waals surface area (Å²) in [6.45, 7) is 9.14. The molecule has 12 heteroatoms. The maximum absolute atomic E-state index is 13.6. The number of benzene rings is 2. The van der Waals surface area contributed by atoms with Crippen molar-refractivity contribution in [3.05, 3.63) is 178 Å². The van der Waals surface area contributed by atoms with Crippen LogP contribution in [-0.2, 0) is 38.9 Å². The van der Waals surface area contributed by atoms with Gasteiger partial charge >= 0.3 is 11.9 Å². The predicted octanol–water partition coefficient (Wildman–Crippen LogP) is 8.52. The first-order chi connectivity index (χ1) is 28.5. The summed E-state index contributed by atoms with van der Waals surface area (Å²) < 4.78 is 11.6. The van der Waals surface area contributed by atoms with E-state index in [0.717, 1.165) is 35.1 Å². The second kappa shape index (κ2) is 16.0. The zero-order chi connectivity index (χ0) is 41.0. The van der Waals surface area contributed by atoms with Gasteiger partial charge in [0, 0.05) is 41.3 Å². The van der Waals surface area contributed by atoms with Gasteiger partial charge in [0.1, 0.15) is 24.8 Å². The van der Waals surface area contributed by atoms with Crippen molar-refractivity contribution in [2.45, 2.75) is 70.0 Å². The standard InChI is InChI=1S/C47H44N8O4/c1-45(2)29-47(39-21-33(13-17-37(39)45)43(56)58-27-31-11-15-35(50-23-31)25-52-54-41-9-5-7-19-48-41)30-46(3,4)38-18-14-34(22-40(38)47)44(57)59-28-32-12-16-36(51-24-32)26-53-55-42-10-6-8-20-49-42/h5-26H,27-30H2,1-4H3,(H,48,54)(H,49,55)/b52-25+,53-26+. The van der Waals surface area contributed by atoms with E-state index in [1.165, 1.54) is 11.1 Å². The molecular weight excluding hydrogens is 741 g/mol. The van der Waals surface area contributed by atoms with Gasteiger partial charge in [0.15, 0.2) is 0 Å². The van der Waals surface area contributed by atoms with E-state index in [1.54, 1.807) is 37.2 Å². The number of anilines is 2. The van der Waals surface area contributed by atoms with Crippen LogP contribution in [0.5, 0.6) is 0 Å². The molecule has 0 saturated heterocycles. The lowest BCUT2D eigenvalue weighted by atomic mass is 9.72. The van der Waals surface area contributed by atoms with E-state index in [-0.39, 0.29) is 24.0 Å². The van der Waals surface area contributed by atoms with Crippen molar-refractivity contribution in [2.75, 3.05) is 10.9 Å². The summed E-state index contributed by atoms with van der Waals surface area (Å²) in [6, 6.07) is 30.2. The van der Waals surface area contributed by atoms with Crippen molar-refractivity contribution in [1.29, 1.82) is 0 Å². The third-order valence-corrected chi connectivity index (χ3v) is 11.0. The van der Waals surface area contributed by atoms with E-state index in [4.69, 9.17) is 9.47 Å². The highest BCUT2D eigenvalue weighted by Crippen LogP contribution is 2.63. The number of nitrogens with zero attached hydrogens (tertiary/aromatic N) is 6. The maximum Gasteiger partial charge on any atom is 0.338 e. The molecule has 2 aromatic carbocycles. The Hall–Kier alpha value is -7.08. The van der Waals surface area contributed by atoms with Crippen LogP contribution in [0.4, 0.5) is 11.6 Å². The van der Waals surface area contributed by atoms with Gasteiger partial charge in [-0.3, -0.25) is 20.8 Å². The molecule has 8 rings (SSSR count). The maximum atomic E-state index is 13.6. The average Bonchev–Trinajstić information content (AvgIpc) is 3.62. The number of ether oxygens (including phenoxy) is 2. The Morgan fingerprint density at radius 3 is 1.44 bits per heavy atom. The largest absolute Gasteiger partial charge is 0.457 e. The summed E-state index contributed by atoms with van der Waals surface area (Å²) in [5, 5.41) is 8.36. The lowest BCUT2D eigenvalue weighted by molar-refractivity contribution is 0.0463. The van der Waals surface area contributed by atoms with Crippen molar-refractivity contribution in [2.24, 2.45) is 10.2 Å². The normalized spacial score (nSPS) is 15.5. The monoisotopic (exact) mass is 784 g/mol. The summed E-state index contributed by atoms with van der Waals surface area (Å²) in [6.07, 6.45) is 11.6. The van der Waals surface area contributed by atoms with E-state index in [0.29, 0.717) is 34.2 Å². The highest BCUT2D eigenvalue weighted by atomic mass is 16.5. The van der Waals surface area contributed by atoms with Crippen LogP contribution in [0.25, 0.3) is 0 Å². The Kier molecular flexibility index (Phi) is 10.5. The van der Waals surface area contributed by atoms with E-state index in [1.807, 2.05) is 84.9 Å². The highest BCUT2D eigenvalue weighted by Gasteiger charge is 2.56. The van der Waals surface area contributed by atoms with Crippen molar-refractivity contribution in [3.8, 4) is 0 Å². The smallest absolute Gasteiger partial charge is 0.338 e. The summed E-state index contributed by atoms with van der Waals surface area (Å²) in [5.41, 5.74) is 13.3. The van der Waals surface area contributed by atoms with Crippen LogP contribution in [-0.4, -0.2) is 44.3 Å². The van der Waals surface area contributed by atoms with E-state index < -0.39 is 17.4 Å². The molecule has 0 unspecified atom stereocenters. The number of esters is 2. The number of carbonyl (C=O) groups is 2. The van der Waals surface area contributed by atoms with Crippen LogP contribution in [0.3, 0.4) is 0 Å². The molecule has 296 valence electrons. The Morgan fingerprint density at radius 2 is 1.05 bits per heavy atom. The van der Waals surface area contributed by atoms with Crippen molar-refractivity contribution in [3.63, 3.8) is 0 Å². The molecule has 0 saturated carbocycles. The van der Waals surface area contributed by atoms with Crippen molar-refractivity contribution in [1.82, 2.24) is 19.9 Å². The third-order valence-electron chi connectivity index (χ3n) is 11.0. The molecule has 1 spiro atoms. The summed E-state index contributed by atoms with van der Waals surface area (Å²) in [4.78, 5) is 44.4. The molecule has 6 aromatic rings. The zero-order valence-corrected chi connectivity index (χ0v) is 33.3. The van der Waals surface area contributed by atoms with Gasteiger partial charge in [0.05, 0.1) is 34.9 Å². The van der Waals surface area contributed by atoms with E-state index in [2.05, 4.69) is 80.8 Å². The molecule has 0 fully saturated rings. The first-order valence-corrected chi connectivity index (χ1v) is 19.4. The fourth-order valence-corrected chi connectivity index (χ4v) is 8.45. The second-order valence-electron chi connectivity index (χ2n) is 16.2. The van der Waals surface area contributed by atoms with Crippen LogP contribution < -0.4 is 10.9 Å². The lowest BCUT2D eigenvalue weighted by Gasteiger charge is -2.30. The number of aromatic nitrogens is 4. The lowest BCUT2D eigenvalue weighted by Crippen LogP contribution is -2.27. The molecule has 0 radical (unpaired) electrons. The molecule has 0 atom stereocenters. The highest BCUT2D eigenvalue weighted by molar-refractivity contribution is 5.91. The van der Waals surface area contributed by atoms with Crippen LogP contribution in [0.2, 0.25) is 0 Å². The van der Waals surface area contributed by atoms with Crippen LogP contribution in [0, 0.1) is 0 Å². The van der Waals surface area contributed by atoms with Gasteiger partial charge in [-0.15, -0.1) is 0 Å². The van der Waals surface area contributed by atoms with Crippen molar-refractivity contribution >= 4 is 36.0 Å². The fraction of sp³-hybridized carbons (Fsp3) is 0.234. The third kappa shape index (κ3) is 8.33. The molecule has 4 aromatic heterocycles. The Balaban J connectivity index is 0.953. The van der Waals surface area contributed by atoms with Gasteiger partial charge in [0.25, 0.3) is 0 Å². The molecule has 59 heavy (non-hydrogen) atoms. The first kappa shape index (κ1) is 38.8. The SMILES string of the molecule is CC1(C)CC2(CC(C)(C)c3ccc(C(=O)OCc4ccc(/C=N/Nc5ccccn5)nc4)cc32)c2cc(C(=O)OCc3ccc(/C=N/Nc4ccccn4)nc3)ccc21. The van der Waals surface area contributed by atoms with Gasteiger partial charge in [0.2, 0.25) is 0 Å². The van der Waals surface area contributed by atoms with Gasteiger partial charge < -0.3 is 9.47 Å². The Morgan fingerprint density at radius 1 is 0.593 bits per heavy atom. The quantitative estimate of drug-likeness (QED) is 0.0702. The van der Waals surface area contributed by atoms with Gasteiger partial charge in [-0.1, -0.05) is 64.1 Å². The number of pyridine rings is 4. The number of hydrazone groups is 2. The van der Waals surface area contributed by atoms with Crippen LogP contribution >= 0.6 is 0 Å².